The third-order valence-corrected chi connectivity index (χ3v) is 5.18. The molecule has 0 aliphatic carbocycles. The molecule has 1 fully saturated rings. The van der Waals surface area contributed by atoms with Crippen molar-refractivity contribution in [3.8, 4) is 11.4 Å². The number of benzene rings is 1. The highest BCUT2D eigenvalue weighted by molar-refractivity contribution is 6.14. The van der Waals surface area contributed by atoms with Crippen LogP contribution in [0.3, 0.4) is 0 Å². The van der Waals surface area contributed by atoms with Crippen molar-refractivity contribution in [2.45, 2.75) is 26.1 Å². The van der Waals surface area contributed by atoms with Gasteiger partial charge in [-0.3, -0.25) is 19.9 Å². The highest BCUT2D eigenvalue weighted by Gasteiger charge is 2.30. The van der Waals surface area contributed by atoms with Crippen LogP contribution in [0.2, 0.25) is 0 Å². The fraction of sp³-hybridized carbons (Fsp3) is 0.261. The zero-order chi connectivity index (χ0) is 23.2. The number of ether oxygens (including phenoxy) is 1. The normalized spacial score (nSPS) is 16.2. The Kier molecular flexibility index (Phi) is 6.84. The van der Waals surface area contributed by atoms with Gasteiger partial charge in [0.2, 0.25) is 0 Å². The van der Waals surface area contributed by atoms with Crippen molar-refractivity contribution in [2.24, 2.45) is 5.10 Å². The minimum atomic E-state index is -0.501. The maximum Gasteiger partial charge on any atom is 0.258 e. The average Bonchev–Trinajstić information content (AvgIpc) is 3.29. The molecule has 0 radical (unpaired) electrons. The molecule has 9 nitrogen and oxygen atoms in total. The zero-order valence-electron chi connectivity index (χ0n) is 18.1. The summed E-state index contributed by atoms with van der Waals surface area (Å²) in [6.45, 7) is 3.35. The number of rotatable bonds is 7. The second-order valence-electron chi connectivity index (χ2n) is 7.57. The summed E-state index contributed by atoms with van der Waals surface area (Å²) in [5.74, 6) is -0.583. The van der Waals surface area contributed by atoms with E-state index in [1.165, 1.54) is 12.3 Å². The molecule has 1 saturated heterocycles. The largest absolute Gasteiger partial charge is 0.356 e. The van der Waals surface area contributed by atoms with Crippen molar-refractivity contribution >= 4 is 24.0 Å². The van der Waals surface area contributed by atoms with E-state index >= 15 is 0 Å². The first-order valence-corrected chi connectivity index (χ1v) is 10.5. The Morgan fingerprint density at radius 2 is 2.21 bits per heavy atom. The topological polar surface area (TPSA) is 108 Å². The molecule has 10 heteroatoms. The number of hydrogen-bond donors (Lipinski definition) is 2. The molecule has 1 unspecified atom stereocenters. The Morgan fingerprint density at radius 1 is 1.33 bits per heavy atom. The van der Waals surface area contributed by atoms with E-state index in [1.807, 2.05) is 19.1 Å². The number of carbonyl (C=O) groups is 1. The highest BCUT2D eigenvalue weighted by atomic mass is 19.1. The van der Waals surface area contributed by atoms with E-state index in [-0.39, 0.29) is 5.91 Å². The molecule has 33 heavy (non-hydrogen) atoms. The molecule has 1 aliphatic rings. The van der Waals surface area contributed by atoms with Crippen molar-refractivity contribution in [1.82, 2.24) is 19.7 Å². The van der Waals surface area contributed by atoms with Crippen LogP contribution in [0.4, 0.5) is 10.1 Å². The van der Waals surface area contributed by atoms with Gasteiger partial charge in [0.1, 0.15) is 11.5 Å². The van der Waals surface area contributed by atoms with Gasteiger partial charge in [-0.2, -0.15) is 10.2 Å². The molecule has 0 saturated carbocycles. The van der Waals surface area contributed by atoms with Crippen LogP contribution in [-0.4, -0.2) is 57.4 Å². The first kappa shape index (κ1) is 22.3. The number of aryl methyl sites for hydroxylation is 1. The van der Waals surface area contributed by atoms with Crippen LogP contribution in [0.1, 0.15) is 22.3 Å². The zero-order valence-corrected chi connectivity index (χ0v) is 18.1. The number of hydrazone groups is 1. The van der Waals surface area contributed by atoms with Gasteiger partial charge in [0, 0.05) is 19.0 Å². The monoisotopic (exact) mass is 449 g/mol. The minimum absolute atomic E-state index is 0.177. The molecule has 2 aromatic heterocycles. The summed E-state index contributed by atoms with van der Waals surface area (Å²) < 4.78 is 20.8. The number of nitrogens with zero attached hydrogens (tertiary/aromatic N) is 5. The lowest BCUT2D eigenvalue weighted by Gasteiger charge is -2.36. The Balaban J connectivity index is 1.54. The predicted molar refractivity (Wildman–Crippen MR) is 123 cm³/mol. The summed E-state index contributed by atoms with van der Waals surface area (Å²) in [4.78, 5) is 19.3. The van der Waals surface area contributed by atoms with Gasteiger partial charge in [0.05, 0.1) is 42.5 Å². The van der Waals surface area contributed by atoms with E-state index in [0.717, 1.165) is 24.4 Å². The molecule has 1 aliphatic heterocycles. The fourth-order valence-corrected chi connectivity index (χ4v) is 3.59. The van der Waals surface area contributed by atoms with Gasteiger partial charge in [-0.15, -0.1) is 0 Å². The summed E-state index contributed by atoms with van der Waals surface area (Å²) >= 11 is 0. The van der Waals surface area contributed by atoms with E-state index in [0.29, 0.717) is 42.3 Å². The number of halogens is 1. The molecule has 1 atom stereocenters. The van der Waals surface area contributed by atoms with Crippen molar-refractivity contribution in [1.29, 1.82) is 5.41 Å². The standard InChI is InChI=1S/C23H24FN7O2/c1-16-3-5-19(28-27-9-8-25)18(13-16)23(32)31-10-2-12-33-22(31)15-30-11-7-21(29-30)20-6-4-17(24)14-26-20/h3-9,11,13-14,22,25,28H,2,10,12,15H2,1H3/b25-8?,27-9-. The molecule has 1 aromatic carbocycles. The SMILES string of the molecule is Cc1ccc(N/N=C\C=N)c(C(=O)N2CCCOC2Cn2ccc(-c3ccc(F)cn3)n2)c1. The van der Waals surface area contributed by atoms with Gasteiger partial charge in [-0.05, 0) is 43.7 Å². The Hall–Kier alpha value is -3.92. The number of nitrogens with one attached hydrogen (secondary N) is 2. The second kappa shape index (κ2) is 10.1. The van der Waals surface area contributed by atoms with Gasteiger partial charge in [-0.1, -0.05) is 11.6 Å². The lowest BCUT2D eigenvalue weighted by molar-refractivity contribution is -0.0860. The first-order valence-electron chi connectivity index (χ1n) is 10.5. The van der Waals surface area contributed by atoms with Gasteiger partial charge in [0.25, 0.3) is 5.91 Å². The van der Waals surface area contributed by atoms with E-state index in [1.54, 1.807) is 34.0 Å². The molecule has 1 amide bonds. The van der Waals surface area contributed by atoms with Gasteiger partial charge >= 0.3 is 0 Å². The number of carbonyl (C=O) groups excluding carboxylic acids is 1. The van der Waals surface area contributed by atoms with Crippen LogP contribution in [0.5, 0.6) is 0 Å². The maximum absolute atomic E-state index is 13.5. The van der Waals surface area contributed by atoms with Gasteiger partial charge in [-0.25, -0.2) is 4.39 Å². The molecule has 0 bridgehead atoms. The van der Waals surface area contributed by atoms with Crippen molar-refractivity contribution in [2.75, 3.05) is 18.6 Å². The molecule has 2 N–H and O–H groups in total. The Bertz CT molecular complexity index is 1160. The van der Waals surface area contributed by atoms with E-state index in [4.69, 9.17) is 10.1 Å². The summed E-state index contributed by atoms with van der Waals surface area (Å²) in [6, 6.07) is 10.2. The Morgan fingerprint density at radius 3 is 3.00 bits per heavy atom. The van der Waals surface area contributed by atoms with Crippen LogP contribution < -0.4 is 5.43 Å². The molecular formula is C23H24FN7O2. The number of aromatic nitrogens is 3. The first-order chi connectivity index (χ1) is 16.0. The number of hydrogen-bond acceptors (Lipinski definition) is 7. The van der Waals surface area contributed by atoms with Crippen LogP contribution in [0.25, 0.3) is 11.4 Å². The number of amides is 1. The summed E-state index contributed by atoms with van der Waals surface area (Å²) in [5, 5.41) is 15.5. The van der Waals surface area contributed by atoms with Crippen molar-refractivity contribution in [3.63, 3.8) is 0 Å². The summed E-state index contributed by atoms with van der Waals surface area (Å²) in [7, 11) is 0. The third kappa shape index (κ3) is 5.29. The molecule has 170 valence electrons. The smallest absolute Gasteiger partial charge is 0.258 e. The van der Waals surface area contributed by atoms with E-state index < -0.39 is 12.0 Å². The van der Waals surface area contributed by atoms with Crippen molar-refractivity contribution in [3.05, 3.63) is 65.7 Å². The summed E-state index contributed by atoms with van der Waals surface area (Å²) in [6.07, 6.45) is 5.51. The molecule has 0 spiro atoms. The molecule has 3 aromatic rings. The fourth-order valence-electron chi connectivity index (χ4n) is 3.59. The second-order valence-corrected chi connectivity index (χ2v) is 7.57. The average molecular weight is 449 g/mol. The Labute approximate surface area is 190 Å². The van der Waals surface area contributed by atoms with Crippen LogP contribution in [0, 0.1) is 18.2 Å². The number of pyridine rings is 1. The van der Waals surface area contributed by atoms with E-state index in [9.17, 15) is 9.18 Å². The van der Waals surface area contributed by atoms with E-state index in [2.05, 4.69) is 20.6 Å². The quantitative estimate of drug-likeness (QED) is 0.425. The minimum Gasteiger partial charge on any atom is -0.356 e. The van der Waals surface area contributed by atoms with Gasteiger partial charge < -0.3 is 15.0 Å². The third-order valence-electron chi connectivity index (χ3n) is 5.18. The van der Waals surface area contributed by atoms with Crippen LogP contribution in [-0.2, 0) is 11.3 Å². The number of anilines is 1. The highest BCUT2D eigenvalue weighted by Crippen LogP contribution is 2.23. The molecule has 3 heterocycles. The predicted octanol–water partition coefficient (Wildman–Crippen LogP) is 3.33. The lowest BCUT2D eigenvalue weighted by atomic mass is 10.1. The van der Waals surface area contributed by atoms with Crippen molar-refractivity contribution < 1.29 is 13.9 Å². The van der Waals surface area contributed by atoms with Gasteiger partial charge in [0.15, 0.2) is 6.23 Å². The molecular weight excluding hydrogens is 425 g/mol. The maximum atomic E-state index is 13.5. The van der Waals surface area contributed by atoms with Crippen LogP contribution in [0.15, 0.2) is 53.9 Å². The van der Waals surface area contributed by atoms with Crippen LogP contribution >= 0.6 is 0 Å². The summed E-state index contributed by atoms with van der Waals surface area (Å²) in [5.41, 5.74) is 5.97. The molecule has 4 rings (SSSR count). The lowest BCUT2D eigenvalue weighted by Crippen LogP contribution is -2.48.